The van der Waals surface area contributed by atoms with Crippen LogP contribution in [0, 0.1) is 13.8 Å². The number of nitrogens with one attached hydrogen (secondary N) is 1. The molecule has 8 heteroatoms. The Morgan fingerprint density at radius 2 is 2.00 bits per heavy atom. The lowest BCUT2D eigenvalue weighted by molar-refractivity contribution is -0.133. The summed E-state index contributed by atoms with van der Waals surface area (Å²) in [5.41, 5.74) is 4.76. The second kappa shape index (κ2) is 8.59. The Bertz CT molecular complexity index is 920. The highest BCUT2D eigenvalue weighted by Gasteiger charge is 2.26. The van der Waals surface area contributed by atoms with Crippen molar-refractivity contribution < 1.29 is 9.59 Å². The third-order valence-electron chi connectivity index (χ3n) is 5.78. The van der Waals surface area contributed by atoms with E-state index >= 15 is 0 Å². The lowest BCUT2D eigenvalue weighted by Crippen LogP contribution is -2.42. The highest BCUT2D eigenvalue weighted by Crippen LogP contribution is 2.24. The predicted octanol–water partition coefficient (Wildman–Crippen LogP) is 2.07. The van der Waals surface area contributed by atoms with Crippen molar-refractivity contribution in [2.45, 2.75) is 46.2 Å². The number of pyridine rings is 1. The summed E-state index contributed by atoms with van der Waals surface area (Å²) in [4.78, 5) is 38.0. The van der Waals surface area contributed by atoms with E-state index in [1.807, 2.05) is 24.9 Å². The molecule has 154 valence electrons. The summed E-state index contributed by atoms with van der Waals surface area (Å²) in [7, 11) is 0. The maximum absolute atomic E-state index is 12.7. The van der Waals surface area contributed by atoms with Crippen molar-refractivity contribution in [2.75, 3.05) is 26.2 Å². The van der Waals surface area contributed by atoms with Crippen LogP contribution in [0.2, 0.25) is 0 Å². The second-order valence-electron chi connectivity index (χ2n) is 7.81. The molecule has 4 rings (SSSR count). The summed E-state index contributed by atoms with van der Waals surface area (Å²) < 4.78 is 0. The molecule has 4 heterocycles. The lowest BCUT2D eigenvalue weighted by atomic mass is 9.94. The molecular formula is C21H27N5O2S. The molecule has 2 aliphatic heterocycles. The molecule has 0 bridgehead atoms. The van der Waals surface area contributed by atoms with Gasteiger partial charge in [-0.05, 0) is 62.9 Å². The van der Waals surface area contributed by atoms with E-state index in [-0.39, 0.29) is 11.8 Å². The molecule has 29 heavy (non-hydrogen) atoms. The smallest absolute Gasteiger partial charge is 0.271 e. The van der Waals surface area contributed by atoms with Crippen LogP contribution in [-0.4, -0.2) is 57.8 Å². The number of hydrogen-bond acceptors (Lipinski definition) is 6. The maximum atomic E-state index is 12.7. The van der Waals surface area contributed by atoms with Gasteiger partial charge in [-0.15, -0.1) is 11.3 Å². The zero-order valence-electron chi connectivity index (χ0n) is 17.0. The minimum atomic E-state index is -0.162. The molecule has 0 aliphatic carbocycles. The number of likely N-dealkylation sites (tertiary alicyclic amines) is 1. The summed E-state index contributed by atoms with van der Waals surface area (Å²) in [6.45, 7) is 8.18. The Kier molecular flexibility index (Phi) is 5.91. The minimum Gasteiger partial charge on any atom is -0.347 e. The fourth-order valence-electron chi connectivity index (χ4n) is 4.13. The summed E-state index contributed by atoms with van der Waals surface area (Å²) in [6, 6.07) is 0. The molecule has 1 fully saturated rings. The van der Waals surface area contributed by atoms with Gasteiger partial charge in [-0.3, -0.25) is 19.5 Å². The van der Waals surface area contributed by atoms with Crippen LogP contribution in [-0.2, 0) is 24.3 Å². The quantitative estimate of drug-likeness (QED) is 0.812. The third kappa shape index (κ3) is 4.48. The van der Waals surface area contributed by atoms with Gasteiger partial charge in [0.1, 0.15) is 5.69 Å². The van der Waals surface area contributed by atoms with Crippen LogP contribution < -0.4 is 5.32 Å². The first-order valence-corrected chi connectivity index (χ1v) is 11.1. The van der Waals surface area contributed by atoms with Gasteiger partial charge in [-0.1, -0.05) is 0 Å². The van der Waals surface area contributed by atoms with Gasteiger partial charge in [0.15, 0.2) is 0 Å². The Balaban J connectivity index is 1.43. The minimum absolute atomic E-state index is 0.162. The zero-order valence-corrected chi connectivity index (χ0v) is 17.8. The van der Waals surface area contributed by atoms with E-state index in [0.717, 1.165) is 47.9 Å². The van der Waals surface area contributed by atoms with Crippen molar-refractivity contribution >= 4 is 23.2 Å². The van der Waals surface area contributed by atoms with Gasteiger partial charge in [0.2, 0.25) is 5.91 Å². The number of aromatic nitrogens is 2. The average Bonchev–Trinajstić information content (AvgIpc) is 3.38. The molecule has 0 spiro atoms. The molecule has 7 nitrogen and oxygen atoms in total. The second-order valence-corrected chi connectivity index (χ2v) is 8.87. The molecular weight excluding hydrogens is 386 g/mol. The van der Waals surface area contributed by atoms with Crippen molar-refractivity contribution in [3.63, 3.8) is 0 Å². The Labute approximate surface area is 175 Å². The summed E-state index contributed by atoms with van der Waals surface area (Å²) >= 11 is 1.47. The molecule has 0 unspecified atom stereocenters. The monoisotopic (exact) mass is 413 g/mol. The number of thiazole rings is 1. The standard InChI is InChI=1S/C21H27N5O2S/c1-14-18(10-23-21(28)19-13-29-15(2)24-19)17-5-8-26(11-16(17)9-22-14)20(27)12-25-6-3-4-7-25/h9,13H,3-8,10-12H2,1-2H3,(H,23,28). The molecule has 0 radical (unpaired) electrons. The number of rotatable bonds is 5. The van der Waals surface area contributed by atoms with Crippen molar-refractivity contribution in [1.82, 2.24) is 25.1 Å². The SMILES string of the molecule is Cc1nc(C(=O)NCc2c(C)ncc3c2CCN(C(=O)CN2CCCC2)C3)cs1. The molecule has 1 N–H and O–H groups in total. The van der Waals surface area contributed by atoms with Crippen molar-refractivity contribution in [1.29, 1.82) is 0 Å². The molecule has 0 saturated carbocycles. The molecule has 2 aromatic heterocycles. The van der Waals surface area contributed by atoms with Crippen LogP contribution in [0.4, 0.5) is 0 Å². The molecule has 1 saturated heterocycles. The number of carbonyl (C=O) groups is 2. The van der Waals surface area contributed by atoms with Gasteiger partial charge in [-0.2, -0.15) is 0 Å². The van der Waals surface area contributed by atoms with Crippen LogP contribution in [0.25, 0.3) is 0 Å². The number of hydrogen-bond donors (Lipinski definition) is 1. The van der Waals surface area contributed by atoms with Gasteiger partial charge >= 0.3 is 0 Å². The van der Waals surface area contributed by atoms with Crippen LogP contribution in [0.1, 0.15) is 50.7 Å². The molecule has 0 atom stereocenters. The van der Waals surface area contributed by atoms with Gasteiger partial charge in [-0.25, -0.2) is 4.98 Å². The lowest BCUT2D eigenvalue weighted by Gasteiger charge is -2.31. The van der Waals surface area contributed by atoms with Crippen molar-refractivity contribution in [3.05, 3.63) is 44.7 Å². The van der Waals surface area contributed by atoms with E-state index in [2.05, 4.69) is 20.2 Å². The number of nitrogens with zero attached hydrogens (tertiary/aromatic N) is 4. The van der Waals surface area contributed by atoms with Crippen LogP contribution >= 0.6 is 11.3 Å². The third-order valence-corrected chi connectivity index (χ3v) is 6.56. The van der Waals surface area contributed by atoms with E-state index in [0.29, 0.717) is 25.3 Å². The highest BCUT2D eigenvalue weighted by atomic mass is 32.1. The normalized spacial score (nSPS) is 16.7. The molecule has 2 aliphatic rings. The number of carbonyl (C=O) groups excluding carboxylic acids is 2. The summed E-state index contributed by atoms with van der Waals surface area (Å²) in [5.74, 6) is 0.0384. The number of fused-ring (bicyclic) bond motifs is 1. The van der Waals surface area contributed by atoms with Crippen LogP contribution in [0.3, 0.4) is 0 Å². The van der Waals surface area contributed by atoms with E-state index in [4.69, 9.17) is 0 Å². The fraction of sp³-hybridized carbons (Fsp3) is 0.524. The Morgan fingerprint density at radius 3 is 2.72 bits per heavy atom. The molecule has 2 aromatic rings. The van der Waals surface area contributed by atoms with Crippen molar-refractivity contribution in [3.8, 4) is 0 Å². The largest absolute Gasteiger partial charge is 0.347 e. The van der Waals surface area contributed by atoms with Crippen LogP contribution in [0.5, 0.6) is 0 Å². The predicted molar refractivity (Wildman–Crippen MR) is 112 cm³/mol. The van der Waals surface area contributed by atoms with E-state index in [9.17, 15) is 9.59 Å². The number of aryl methyl sites for hydroxylation is 2. The Hall–Kier alpha value is -2.32. The van der Waals surface area contributed by atoms with Crippen LogP contribution in [0.15, 0.2) is 11.6 Å². The van der Waals surface area contributed by atoms with E-state index < -0.39 is 0 Å². The van der Waals surface area contributed by atoms with E-state index in [1.54, 1.807) is 5.38 Å². The summed E-state index contributed by atoms with van der Waals surface area (Å²) in [6.07, 6.45) is 5.06. The number of amides is 2. The fourth-order valence-corrected chi connectivity index (χ4v) is 4.72. The van der Waals surface area contributed by atoms with Gasteiger partial charge in [0, 0.05) is 36.9 Å². The Morgan fingerprint density at radius 1 is 1.21 bits per heavy atom. The van der Waals surface area contributed by atoms with Gasteiger partial charge in [0.05, 0.1) is 11.6 Å². The first kappa shape index (κ1) is 20.0. The molecule has 2 amide bonds. The highest BCUT2D eigenvalue weighted by molar-refractivity contribution is 7.09. The van der Waals surface area contributed by atoms with E-state index in [1.165, 1.54) is 29.7 Å². The summed E-state index contributed by atoms with van der Waals surface area (Å²) in [5, 5.41) is 5.64. The van der Waals surface area contributed by atoms with Crippen molar-refractivity contribution in [2.24, 2.45) is 0 Å². The van der Waals surface area contributed by atoms with Gasteiger partial charge < -0.3 is 10.2 Å². The average molecular weight is 414 g/mol. The van der Waals surface area contributed by atoms with Gasteiger partial charge in [0.25, 0.3) is 5.91 Å². The first-order valence-electron chi connectivity index (χ1n) is 10.2. The zero-order chi connectivity index (χ0) is 20.4. The maximum Gasteiger partial charge on any atom is 0.271 e. The first-order chi connectivity index (χ1) is 14.0. The topological polar surface area (TPSA) is 78.4 Å². The molecule has 0 aromatic carbocycles.